The van der Waals surface area contributed by atoms with E-state index in [2.05, 4.69) is 0 Å². The number of aliphatic hydroxyl groups is 1. The van der Waals surface area contributed by atoms with Crippen molar-refractivity contribution in [2.45, 2.75) is 6.10 Å². The average molecular weight is 278 g/mol. The van der Waals surface area contributed by atoms with E-state index in [1.807, 2.05) is 5.38 Å². The summed E-state index contributed by atoms with van der Waals surface area (Å²) in [7, 11) is 1.54. The van der Waals surface area contributed by atoms with Crippen molar-refractivity contribution in [1.29, 1.82) is 0 Å². The Morgan fingerprint density at radius 1 is 1.37 bits per heavy atom. The van der Waals surface area contributed by atoms with Crippen LogP contribution in [0, 0.1) is 5.82 Å². The van der Waals surface area contributed by atoms with Crippen LogP contribution in [0.3, 0.4) is 0 Å². The van der Waals surface area contributed by atoms with E-state index in [9.17, 15) is 9.50 Å². The van der Waals surface area contributed by atoms with Gasteiger partial charge < -0.3 is 14.3 Å². The van der Waals surface area contributed by atoms with Crippen LogP contribution in [0.2, 0.25) is 0 Å². The minimum absolute atomic E-state index is 0.159. The smallest absolute Gasteiger partial charge is 0.170 e. The first-order valence-corrected chi connectivity index (χ1v) is 6.56. The summed E-state index contributed by atoms with van der Waals surface area (Å²) >= 11 is 1.36. The maximum Gasteiger partial charge on any atom is 0.170 e. The lowest BCUT2D eigenvalue weighted by atomic mass is 10.2. The summed E-state index contributed by atoms with van der Waals surface area (Å²) in [6.45, 7) is 0. The third kappa shape index (κ3) is 2.01. The lowest BCUT2D eigenvalue weighted by Gasteiger charge is -2.07. The molecule has 0 aliphatic heterocycles. The van der Waals surface area contributed by atoms with Crippen LogP contribution in [-0.4, -0.2) is 12.2 Å². The molecule has 0 saturated heterocycles. The molecule has 1 atom stereocenters. The molecule has 98 valence electrons. The van der Waals surface area contributed by atoms with Gasteiger partial charge in [-0.15, -0.1) is 11.3 Å². The first-order valence-electron chi connectivity index (χ1n) is 5.68. The summed E-state index contributed by atoms with van der Waals surface area (Å²) in [5.41, 5.74) is 0.159. The molecule has 3 nitrogen and oxygen atoms in total. The van der Waals surface area contributed by atoms with Gasteiger partial charge in [0, 0.05) is 5.39 Å². The van der Waals surface area contributed by atoms with Crippen LogP contribution in [0.15, 0.2) is 40.1 Å². The van der Waals surface area contributed by atoms with Gasteiger partial charge in [-0.2, -0.15) is 0 Å². The van der Waals surface area contributed by atoms with E-state index in [4.69, 9.17) is 9.15 Å². The second kappa shape index (κ2) is 4.68. The molecule has 1 aromatic carbocycles. The molecule has 19 heavy (non-hydrogen) atoms. The zero-order valence-electron chi connectivity index (χ0n) is 10.1. The monoisotopic (exact) mass is 278 g/mol. The fraction of sp³-hybridized carbons (Fsp3) is 0.143. The first-order chi connectivity index (χ1) is 9.20. The maximum atomic E-state index is 13.6. The molecule has 1 N–H and O–H groups in total. The normalized spacial score (nSPS) is 12.8. The van der Waals surface area contributed by atoms with Crippen molar-refractivity contribution in [3.8, 4) is 5.75 Å². The van der Waals surface area contributed by atoms with Gasteiger partial charge in [-0.25, -0.2) is 4.39 Å². The van der Waals surface area contributed by atoms with Gasteiger partial charge in [0.1, 0.15) is 17.6 Å². The third-order valence-corrected chi connectivity index (χ3v) is 3.86. The molecule has 2 aromatic heterocycles. The highest BCUT2D eigenvalue weighted by Crippen LogP contribution is 2.36. The molecule has 5 heteroatoms. The number of rotatable bonds is 3. The van der Waals surface area contributed by atoms with E-state index in [0.29, 0.717) is 21.8 Å². The molecule has 3 rings (SSSR count). The van der Waals surface area contributed by atoms with E-state index in [0.717, 1.165) is 0 Å². The molecule has 0 aliphatic carbocycles. The Morgan fingerprint density at radius 2 is 2.21 bits per heavy atom. The number of fused-ring (bicyclic) bond motifs is 1. The predicted molar refractivity (Wildman–Crippen MR) is 71.1 cm³/mol. The van der Waals surface area contributed by atoms with Crippen LogP contribution in [0.1, 0.15) is 16.7 Å². The molecule has 1 unspecified atom stereocenters. The Balaban J connectivity index is 2.07. The Bertz CT molecular complexity index is 716. The zero-order chi connectivity index (χ0) is 13.4. The van der Waals surface area contributed by atoms with Crippen LogP contribution in [0.4, 0.5) is 4.39 Å². The highest BCUT2D eigenvalue weighted by Gasteiger charge is 2.21. The van der Waals surface area contributed by atoms with Crippen molar-refractivity contribution in [3.05, 3.63) is 52.2 Å². The fourth-order valence-corrected chi connectivity index (χ4v) is 2.84. The number of ether oxygens (including phenoxy) is 1. The number of halogens is 1. The second-order valence-electron chi connectivity index (χ2n) is 4.06. The summed E-state index contributed by atoms with van der Waals surface area (Å²) in [5, 5.41) is 12.7. The first kappa shape index (κ1) is 12.2. The van der Waals surface area contributed by atoms with Gasteiger partial charge in [-0.1, -0.05) is 12.1 Å². The molecular weight excluding hydrogens is 267 g/mol. The van der Waals surface area contributed by atoms with Crippen molar-refractivity contribution in [3.63, 3.8) is 0 Å². The van der Waals surface area contributed by atoms with Gasteiger partial charge >= 0.3 is 0 Å². The Kier molecular flexibility index (Phi) is 3.00. The van der Waals surface area contributed by atoms with Gasteiger partial charge in [0.15, 0.2) is 11.4 Å². The molecule has 0 amide bonds. The number of aliphatic hydroxyl groups excluding tert-OH is 1. The molecular formula is C14H11FO3S. The fourth-order valence-electron chi connectivity index (χ4n) is 1.99. The summed E-state index contributed by atoms with van der Waals surface area (Å²) in [5.74, 6) is 0.466. The number of furan rings is 1. The summed E-state index contributed by atoms with van der Waals surface area (Å²) in [6.07, 6.45) is -0.957. The number of hydrogen-bond acceptors (Lipinski definition) is 4. The van der Waals surface area contributed by atoms with Crippen molar-refractivity contribution in [1.82, 2.24) is 0 Å². The SMILES string of the molecule is COc1ccsc1C(O)c1cc2cccc(F)c2o1. The molecule has 0 fully saturated rings. The number of benzene rings is 1. The van der Waals surface area contributed by atoms with Crippen LogP contribution >= 0.6 is 11.3 Å². The lowest BCUT2D eigenvalue weighted by Crippen LogP contribution is -1.97. The van der Waals surface area contributed by atoms with Crippen LogP contribution in [0.5, 0.6) is 5.75 Å². The van der Waals surface area contributed by atoms with E-state index in [1.165, 1.54) is 24.5 Å². The Morgan fingerprint density at radius 3 is 2.95 bits per heavy atom. The predicted octanol–water partition coefficient (Wildman–Crippen LogP) is 3.72. The van der Waals surface area contributed by atoms with Gasteiger partial charge in [0.2, 0.25) is 0 Å². The number of thiophene rings is 1. The average Bonchev–Trinajstić information content (AvgIpc) is 3.04. The number of hydrogen-bond donors (Lipinski definition) is 1. The molecule has 3 aromatic rings. The zero-order valence-corrected chi connectivity index (χ0v) is 10.9. The molecule has 0 saturated carbocycles. The lowest BCUT2D eigenvalue weighted by molar-refractivity contribution is 0.191. The van der Waals surface area contributed by atoms with Crippen LogP contribution < -0.4 is 4.74 Å². The molecule has 0 bridgehead atoms. The van der Waals surface area contributed by atoms with Gasteiger partial charge in [0.05, 0.1) is 12.0 Å². The summed E-state index contributed by atoms with van der Waals surface area (Å²) in [6, 6.07) is 8.08. The van der Waals surface area contributed by atoms with Crippen molar-refractivity contribution < 1.29 is 18.7 Å². The molecule has 0 radical (unpaired) electrons. The minimum atomic E-state index is -0.957. The second-order valence-corrected chi connectivity index (χ2v) is 5.01. The molecule has 2 heterocycles. The standard InChI is InChI=1S/C14H11FO3S/c1-17-10-5-6-19-14(10)12(16)11-7-8-3-2-4-9(15)13(8)18-11/h2-7,12,16H,1H3. The van der Waals surface area contributed by atoms with Crippen molar-refractivity contribution >= 4 is 22.3 Å². The summed E-state index contributed by atoms with van der Waals surface area (Å²) < 4.78 is 24.1. The largest absolute Gasteiger partial charge is 0.495 e. The number of methoxy groups -OCH3 is 1. The number of para-hydroxylation sites is 1. The molecule has 0 aliphatic rings. The summed E-state index contributed by atoms with van der Waals surface area (Å²) in [4.78, 5) is 0.641. The highest BCUT2D eigenvalue weighted by molar-refractivity contribution is 7.10. The quantitative estimate of drug-likeness (QED) is 0.794. The van der Waals surface area contributed by atoms with Crippen LogP contribution in [0.25, 0.3) is 11.0 Å². The topological polar surface area (TPSA) is 42.6 Å². The molecule has 0 spiro atoms. The van der Waals surface area contributed by atoms with Gasteiger partial charge in [0.25, 0.3) is 0 Å². The third-order valence-electron chi connectivity index (χ3n) is 2.91. The van der Waals surface area contributed by atoms with Gasteiger partial charge in [-0.3, -0.25) is 0 Å². The highest BCUT2D eigenvalue weighted by atomic mass is 32.1. The van der Waals surface area contributed by atoms with Gasteiger partial charge in [-0.05, 0) is 23.6 Å². The Hall–Kier alpha value is -1.85. The maximum absolute atomic E-state index is 13.6. The van der Waals surface area contributed by atoms with E-state index < -0.39 is 11.9 Å². The minimum Gasteiger partial charge on any atom is -0.495 e. The van der Waals surface area contributed by atoms with E-state index in [-0.39, 0.29) is 5.58 Å². The van der Waals surface area contributed by atoms with Crippen LogP contribution in [-0.2, 0) is 0 Å². The van der Waals surface area contributed by atoms with E-state index >= 15 is 0 Å². The van der Waals surface area contributed by atoms with Crippen molar-refractivity contribution in [2.24, 2.45) is 0 Å². The van der Waals surface area contributed by atoms with E-state index in [1.54, 1.807) is 24.3 Å². The van der Waals surface area contributed by atoms with Crippen molar-refractivity contribution in [2.75, 3.05) is 7.11 Å². The Labute approximate surface area is 112 Å².